The molecule has 0 aliphatic heterocycles. The van der Waals surface area contributed by atoms with Crippen LogP contribution in [0.4, 0.5) is 13.2 Å². The Morgan fingerprint density at radius 2 is 1.67 bits per heavy atom. The Labute approximate surface area is 156 Å². The van der Waals surface area contributed by atoms with Crippen molar-refractivity contribution < 1.29 is 21.6 Å². The summed E-state index contributed by atoms with van der Waals surface area (Å²) in [6, 6.07) is -2.40. The maximum absolute atomic E-state index is 13.8. The molecule has 0 aromatic carbocycles. The van der Waals surface area contributed by atoms with E-state index in [9.17, 15) is 21.6 Å². The molecule has 2 aromatic rings. The van der Waals surface area contributed by atoms with E-state index in [1.165, 1.54) is 30.3 Å². The lowest BCUT2D eigenvalue weighted by atomic mass is 10.1. The van der Waals surface area contributed by atoms with E-state index in [1.807, 2.05) is 4.72 Å². The SMILES string of the molecule is CCc1nn(C)c(CC)c1S(=O)(=O)NC(c1c(C)nn(C)c1C)C(F)(F)F. The van der Waals surface area contributed by atoms with Crippen LogP contribution in [0.2, 0.25) is 0 Å². The molecule has 1 atom stereocenters. The molecule has 152 valence electrons. The summed E-state index contributed by atoms with van der Waals surface area (Å²) in [5.41, 5.74) is 0.781. The van der Waals surface area contributed by atoms with Crippen molar-refractivity contribution >= 4 is 10.0 Å². The van der Waals surface area contributed by atoms with Crippen LogP contribution < -0.4 is 4.72 Å². The first-order chi connectivity index (χ1) is 12.3. The Hall–Kier alpha value is -1.88. The van der Waals surface area contributed by atoms with Crippen molar-refractivity contribution in [2.75, 3.05) is 0 Å². The maximum atomic E-state index is 13.8. The van der Waals surface area contributed by atoms with Crippen molar-refractivity contribution in [2.24, 2.45) is 14.1 Å². The molecule has 0 fully saturated rings. The summed E-state index contributed by atoms with van der Waals surface area (Å²) in [5, 5.41) is 8.13. The maximum Gasteiger partial charge on any atom is 0.409 e. The largest absolute Gasteiger partial charge is 0.409 e. The predicted molar refractivity (Wildman–Crippen MR) is 93.8 cm³/mol. The number of nitrogens with one attached hydrogen (secondary N) is 1. The van der Waals surface area contributed by atoms with Crippen LogP contribution in [0.3, 0.4) is 0 Å². The molecule has 11 heteroatoms. The lowest BCUT2D eigenvalue weighted by Gasteiger charge is -2.22. The van der Waals surface area contributed by atoms with Gasteiger partial charge in [-0.1, -0.05) is 13.8 Å². The molecule has 0 aliphatic rings. The monoisotopic (exact) mass is 407 g/mol. The van der Waals surface area contributed by atoms with Crippen LogP contribution >= 0.6 is 0 Å². The summed E-state index contributed by atoms with van der Waals surface area (Å²) in [7, 11) is -1.38. The fourth-order valence-electron chi connectivity index (χ4n) is 3.24. The summed E-state index contributed by atoms with van der Waals surface area (Å²) in [6.07, 6.45) is -4.22. The van der Waals surface area contributed by atoms with E-state index < -0.39 is 22.2 Å². The summed E-state index contributed by atoms with van der Waals surface area (Å²) >= 11 is 0. The Morgan fingerprint density at radius 3 is 2.07 bits per heavy atom. The van der Waals surface area contributed by atoms with Crippen molar-refractivity contribution in [2.45, 2.75) is 57.7 Å². The van der Waals surface area contributed by atoms with Gasteiger partial charge in [0.2, 0.25) is 10.0 Å². The number of aryl methyl sites for hydroxylation is 4. The Kier molecular flexibility index (Phi) is 5.77. The van der Waals surface area contributed by atoms with E-state index in [1.54, 1.807) is 20.9 Å². The van der Waals surface area contributed by atoms with E-state index in [0.717, 1.165) is 0 Å². The molecule has 0 saturated carbocycles. The Morgan fingerprint density at radius 1 is 1.07 bits per heavy atom. The van der Waals surface area contributed by atoms with Gasteiger partial charge in [-0.05, 0) is 26.7 Å². The minimum absolute atomic E-state index is 0.123. The number of hydrogen-bond acceptors (Lipinski definition) is 4. The summed E-state index contributed by atoms with van der Waals surface area (Å²) in [6.45, 7) is 6.33. The zero-order chi connectivity index (χ0) is 20.7. The molecule has 1 unspecified atom stereocenters. The lowest BCUT2D eigenvalue weighted by Crippen LogP contribution is -2.39. The predicted octanol–water partition coefficient (Wildman–Crippen LogP) is 2.48. The van der Waals surface area contributed by atoms with Crippen LogP contribution in [0.15, 0.2) is 4.90 Å². The van der Waals surface area contributed by atoms with E-state index in [0.29, 0.717) is 12.1 Å². The van der Waals surface area contributed by atoms with Crippen molar-refractivity contribution in [3.63, 3.8) is 0 Å². The zero-order valence-corrected chi connectivity index (χ0v) is 17.0. The topological polar surface area (TPSA) is 81.8 Å². The first kappa shape index (κ1) is 21.4. The molecule has 0 amide bonds. The van der Waals surface area contributed by atoms with Gasteiger partial charge in [-0.15, -0.1) is 0 Å². The van der Waals surface area contributed by atoms with Crippen LogP contribution in [0.1, 0.15) is 48.2 Å². The van der Waals surface area contributed by atoms with Gasteiger partial charge in [-0.3, -0.25) is 9.36 Å². The highest BCUT2D eigenvalue weighted by atomic mass is 32.2. The number of rotatable bonds is 6. The van der Waals surface area contributed by atoms with Gasteiger partial charge in [0.15, 0.2) is 0 Å². The molecular weight excluding hydrogens is 383 g/mol. The van der Waals surface area contributed by atoms with Gasteiger partial charge in [-0.25, -0.2) is 8.42 Å². The molecule has 1 N–H and O–H groups in total. The third-order valence-electron chi connectivity index (χ3n) is 4.58. The molecule has 0 bridgehead atoms. The number of hydrogen-bond donors (Lipinski definition) is 1. The fraction of sp³-hybridized carbons (Fsp3) is 0.625. The number of alkyl halides is 3. The van der Waals surface area contributed by atoms with Gasteiger partial charge >= 0.3 is 6.18 Å². The molecule has 7 nitrogen and oxygen atoms in total. The van der Waals surface area contributed by atoms with E-state index in [4.69, 9.17) is 0 Å². The fourth-order valence-corrected chi connectivity index (χ4v) is 5.00. The number of aromatic nitrogens is 4. The van der Waals surface area contributed by atoms with Crippen molar-refractivity contribution in [1.82, 2.24) is 24.3 Å². The number of halogens is 3. The lowest BCUT2D eigenvalue weighted by molar-refractivity contribution is -0.153. The Bertz CT molecular complexity index is 944. The second-order valence-corrected chi connectivity index (χ2v) is 8.01. The molecule has 27 heavy (non-hydrogen) atoms. The number of sulfonamides is 1. The quantitative estimate of drug-likeness (QED) is 0.798. The third-order valence-corrected chi connectivity index (χ3v) is 6.13. The third kappa shape index (κ3) is 3.88. The molecule has 0 spiro atoms. The van der Waals surface area contributed by atoms with Crippen LogP contribution in [0.5, 0.6) is 0 Å². The van der Waals surface area contributed by atoms with E-state index in [-0.39, 0.29) is 34.0 Å². The average molecular weight is 407 g/mol. The van der Waals surface area contributed by atoms with Crippen LogP contribution in [-0.2, 0) is 37.0 Å². The Balaban J connectivity index is 2.63. The minimum Gasteiger partial charge on any atom is -0.272 e. The van der Waals surface area contributed by atoms with Gasteiger partial charge in [0.1, 0.15) is 10.9 Å². The first-order valence-electron chi connectivity index (χ1n) is 8.48. The van der Waals surface area contributed by atoms with Gasteiger partial charge in [0.05, 0.1) is 17.1 Å². The highest BCUT2D eigenvalue weighted by molar-refractivity contribution is 7.89. The highest BCUT2D eigenvalue weighted by Gasteiger charge is 2.46. The second kappa shape index (κ2) is 7.27. The van der Waals surface area contributed by atoms with Gasteiger partial charge in [-0.2, -0.15) is 28.1 Å². The molecule has 2 heterocycles. The summed E-state index contributed by atoms with van der Waals surface area (Å²) < 4.78 is 71.9. The van der Waals surface area contributed by atoms with E-state index >= 15 is 0 Å². The van der Waals surface area contributed by atoms with Crippen LogP contribution in [-0.4, -0.2) is 34.2 Å². The second-order valence-electron chi connectivity index (χ2n) is 6.36. The van der Waals surface area contributed by atoms with Crippen molar-refractivity contribution in [3.05, 3.63) is 28.3 Å². The molecule has 0 aliphatic carbocycles. The summed E-state index contributed by atoms with van der Waals surface area (Å²) in [4.78, 5) is -0.177. The molecule has 2 rings (SSSR count). The molecular formula is C16H24F3N5O2S. The standard InChI is InChI=1S/C16H24F3N5O2S/c1-7-11-14(12(8-2)24(6)21-11)27(25,26)22-15(16(17,18)19)13-9(3)20-23(5)10(13)4/h15,22H,7-8H2,1-6H3. The summed E-state index contributed by atoms with van der Waals surface area (Å²) in [5.74, 6) is 0. The average Bonchev–Trinajstić information content (AvgIpc) is 3.01. The van der Waals surface area contributed by atoms with Crippen LogP contribution in [0.25, 0.3) is 0 Å². The normalized spacial score (nSPS) is 14.0. The zero-order valence-electron chi connectivity index (χ0n) is 16.1. The smallest absolute Gasteiger partial charge is 0.272 e. The van der Waals surface area contributed by atoms with Gasteiger partial charge < -0.3 is 0 Å². The van der Waals surface area contributed by atoms with Crippen LogP contribution in [0, 0.1) is 13.8 Å². The molecule has 0 radical (unpaired) electrons. The highest BCUT2D eigenvalue weighted by Crippen LogP contribution is 2.37. The van der Waals surface area contributed by atoms with Gasteiger partial charge in [0.25, 0.3) is 0 Å². The number of nitrogens with zero attached hydrogens (tertiary/aromatic N) is 4. The van der Waals surface area contributed by atoms with Gasteiger partial charge in [0, 0.05) is 25.4 Å². The first-order valence-corrected chi connectivity index (χ1v) is 9.97. The van der Waals surface area contributed by atoms with Crippen molar-refractivity contribution in [1.29, 1.82) is 0 Å². The van der Waals surface area contributed by atoms with E-state index in [2.05, 4.69) is 10.2 Å². The van der Waals surface area contributed by atoms with Crippen molar-refractivity contribution in [3.8, 4) is 0 Å². The molecule has 2 aromatic heterocycles. The molecule has 0 saturated heterocycles. The minimum atomic E-state index is -4.83.